The van der Waals surface area contributed by atoms with E-state index in [9.17, 15) is 4.79 Å². The van der Waals surface area contributed by atoms with Gasteiger partial charge in [-0.15, -0.1) is 0 Å². The molecular weight excluding hydrogens is 174 g/mol. The van der Waals surface area contributed by atoms with Crippen LogP contribution in [0, 0.1) is 6.92 Å². The summed E-state index contributed by atoms with van der Waals surface area (Å²) in [4.78, 5) is 11.4. The molecular formula is C12H13NO. The first-order valence-electron chi connectivity index (χ1n) is 4.68. The van der Waals surface area contributed by atoms with Gasteiger partial charge in [0.25, 0.3) is 0 Å². The summed E-state index contributed by atoms with van der Waals surface area (Å²) in [6.45, 7) is 3.95. The van der Waals surface area contributed by atoms with Gasteiger partial charge in [-0.05, 0) is 54.3 Å². The van der Waals surface area contributed by atoms with Crippen LogP contribution in [-0.2, 0) is 11.2 Å². The highest BCUT2D eigenvalue weighted by molar-refractivity contribution is 6.02. The fraction of sp³-hybridized carbons (Fsp3) is 0.250. The van der Waals surface area contributed by atoms with E-state index in [0.29, 0.717) is 6.42 Å². The van der Waals surface area contributed by atoms with E-state index in [0.717, 1.165) is 28.0 Å². The molecule has 0 aliphatic heterocycles. The molecule has 2 N–H and O–H groups in total. The Balaban J connectivity index is 2.69. The molecule has 2 rings (SSSR count). The van der Waals surface area contributed by atoms with Crippen molar-refractivity contribution in [1.29, 1.82) is 0 Å². The molecule has 14 heavy (non-hydrogen) atoms. The van der Waals surface area contributed by atoms with E-state index >= 15 is 0 Å². The molecule has 2 nitrogen and oxygen atoms in total. The maximum atomic E-state index is 11.4. The second kappa shape index (κ2) is 2.98. The van der Waals surface area contributed by atoms with Gasteiger partial charge in [-0.25, -0.2) is 0 Å². The van der Waals surface area contributed by atoms with Gasteiger partial charge in [0.2, 0.25) is 0 Å². The van der Waals surface area contributed by atoms with Crippen LogP contribution in [0.25, 0.3) is 5.57 Å². The molecule has 0 radical (unpaired) electrons. The van der Waals surface area contributed by atoms with Crippen molar-refractivity contribution in [1.82, 2.24) is 0 Å². The summed E-state index contributed by atoms with van der Waals surface area (Å²) in [7, 11) is 0. The third kappa shape index (κ3) is 1.33. The van der Waals surface area contributed by atoms with Crippen LogP contribution in [0.2, 0.25) is 0 Å². The SMILES string of the molecule is CC1=CC(=O)Cc2c(C)cc(N)cc21. The predicted molar refractivity (Wildman–Crippen MR) is 58.0 cm³/mol. The number of nitrogens with two attached hydrogens (primary N) is 1. The lowest BCUT2D eigenvalue weighted by atomic mass is 9.87. The number of carbonyl (C=O) groups excluding carboxylic acids is 1. The van der Waals surface area contributed by atoms with Crippen LogP contribution in [0.15, 0.2) is 18.2 Å². The lowest BCUT2D eigenvalue weighted by Crippen LogP contribution is -2.10. The Morgan fingerprint density at radius 3 is 2.71 bits per heavy atom. The van der Waals surface area contributed by atoms with Crippen molar-refractivity contribution in [3.8, 4) is 0 Å². The number of anilines is 1. The van der Waals surface area contributed by atoms with E-state index in [1.165, 1.54) is 0 Å². The van der Waals surface area contributed by atoms with Gasteiger partial charge < -0.3 is 5.73 Å². The van der Waals surface area contributed by atoms with Gasteiger partial charge in [-0.2, -0.15) is 0 Å². The van der Waals surface area contributed by atoms with Gasteiger partial charge in [0.15, 0.2) is 5.78 Å². The quantitative estimate of drug-likeness (QED) is 0.632. The van der Waals surface area contributed by atoms with Crippen molar-refractivity contribution in [2.24, 2.45) is 0 Å². The van der Waals surface area contributed by atoms with Crippen LogP contribution in [0.1, 0.15) is 23.6 Å². The molecule has 0 amide bonds. The topological polar surface area (TPSA) is 43.1 Å². The predicted octanol–water partition coefficient (Wildman–Crippen LogP) is 2.11. The third-order valence-corrected chi connectivity index (χ3v) is 2.65. The molecule has 0 saturated carbocycles. The average molecular weight is 187 g/mol. The molecule has 0 fully saturated rings. The normalized spacial score (nSPS) is 15.0. The summed E-state index contributed by atoms with van der Waals surface area (Å²) in [6.07, 6.45) is 2.21. The number of hydrogen-bond donors (Lipinski definition) is 1. The van der Waals surface area contributed by atoms with Gasteiger partial charge in [0.05, 0.1) is 0 Å². The van der Waals surface area contributed by atoms with Gasteiger partial charge in [0, 0.05) is 12.1 Å². The summed E-state index contributed by atoms with van der Waals surface area (Å²) < 4.78 is 0. The number of aryl methyl sites for hydroxylation is 1. The second-order valence-corrected chi connectivity index (χ2v) is 3.83. The zero-order chi connectivity index (χ0) is 10.3. The minimum absolute atomic E-state index is 0.183. The van der Waals surface area contributed by atoms with E-state index < -0.39 is 0 Å². The molecule has 1 aliphatic carbocycles. The molecule has 0 atom stereocenters. The van der Waals surface area contributed by atoms with Gasteiger partial charge in [-0.3, -0.25) is 4.79 Å². The Labute approximate surface area is 83.4 Å². The van der Waals surface area contributed by atoms with E-state index in [2.05, 4.69) is 0 Å². The molecule has 72 valence electrons. The van der Waals surface area contributed by atoms with Crippen LogP contribution >= 0.6 is 0 Å². The fourth-order valence-corrected chi connectivity index (χ4v) is 1.98. The highest BCUT2D eigenvalue weighted by Gasteiger charge is 2.16. The number of hydrogen-bond acceptors (Lipinski definition) is 2. The van der Waals surface area contributed by atoms with Gasteiger partial charge in [0.1, 0.15) is 0 Å². The first-order chi connectivity index (χ1) is 6.58. The molecule has 1 aromatic carbocycles. The molecule has 0 unspecified atom stereocenters. The second-order valence-electron chi connectivity index (χ2n) is 3.83. The van der Waals surface area contributed by atoms with Crippen LogP contribution < -0.4 is 5.73 Å². The van der Waals surface area contributed by atoms with Crippen molar-refractivity contribution in [3.63, 3.8) is 0 Å². The Bertz CT molecular complexity index is 444. The van der Waals surface area contributed by atoms with E-state index in [1.807, 2.05) is 26.0 Å². The van der Waals surface area contributed by atoms with E-state index in [1.54, 1.807) is 6.08 Å². The number of ketones is 1. The number of benzene rings is 1. The summed E-state index contributed by atoms with van der Waals surface area (Å²) in [6, 6.07) is 3.87. The molecule has 0 heterocycles. The monoisotopic (exact) mass is 187 g/mol. The summed E-state index contributed by atoms with van der Waals surface area (Å²) in [5.74, 6) is 0.183. The number of fused-ring (bicyclic) bond motifs is 1. The summed E-state index contributed by atoms with van der Waals surface area (Å²) >= 11 is 0. The maximum Gasteiger partial charge on any atom is 0.160 e. The lowest BCUT2D eigenvalue weighted by molar-refractivity contribution is -0.114. The highest BCUT2D eigenvalue weighted by Crippen LogP contribution is 2.29. The molecule has 0 spiro atoms. The molecule has 0 bridgehead atoms. The van der Waals surface area contributed by atoms with Crippen LogP contribution in [0.4, 0.5) is 5.69 Å². The van der Waals surface area contributed by atoms with Crippen molar-refractivity contribution < 1.29 is 4.79 Å². The minimum atomic E-state index is 0.183. The largest absolute Gasteiger partial charge is 0.399 e. The van der Waals surface area contributed by atoms with Gasteiger partial charge >= 0.3 is 0 Å². The molecule has 2 heteroatoms. The molecule has 1 aliphatic rings. The van der Waals surface area contributed by atoms with Crippen LogP contribution in [-0.4, -0.2) is 5.78 Å². The Hall–Kier alpha value is -1.57. The highest BCUT2D eigenvalue weighted by atomic mass is 16.1. The summed E-state index contributed by atoms with van der Waals surface area (Å²) in [5.41, 5.74) is 10.9. The van der Waals surface area contributed by atoms with E-state index in [-0.39, 0.29) is 5.78 Å². The first kappa shape index (κ1) is 9.00. The standard InChI is InChI=1S/C12H13NO/c1-7-3-9(13)5-11-8(2)4-10(14)6-12(7)11/h3-5H,6,13H2,1-2H3. The third-order valence-electron chi connectivity index (χ3n) is 2.65. The summed E-state index contributed by atoms with van der Waals surface area (Å²) in [5, 5.41) is 0. The zero-order valence-corrected chi connectivity index (χ0v) is 8.42. The molecule has 1 aromatic rings. The smallest absolute Gasteiger partial charge is 0.160 e. The Morgan fingerprint density at radius 1 is 1.29 bits per heavy atom. The number of carbonyl (C=O) groups is 1. The number of nitrogen functional groups attached to an aromatic ring is 1. The molecule has 0 saturated heterocycles. The van der Waals surface area contributed by atoms with Crippen LogP contribution in [0.5, 0.6) is 0 Å². The Morgan fingerprint density at radius 2 is 2.00 bits per heavy atom. The number of rotatable bonds is 0. The molecule has 0 aromatic heterocycles. The van der Waals surface area contributed by atoms with Crippen molar-refractivity contribution in [2.45, 2.75) is 20.3 Å². The Kier molecular flexibility index (Phi) is 1.92. The van der Waals surface area contributed by atoms with Crippen molar-refractivity contribution >= 4 is 17.0 Å². The fourth-order valence-electron chi connectivity index (χ4n) is 1.98. The van der Waals surface area contributed by atoms with E-state index in [4.69, 9.17) is 5.73 Å². The van der Waals surface area contributed by atoms with Crippen LogP contribution in [0.3, 0.4) is 0 Å². The maximum absolute atomic E-state index is 11.4. The number of allylic oxidation sites excluding steroid dienone is 2. The minimum Gasteiger partial charge on any atom is -0.399 e. The van der Waals surface area contributed by atoms with Crippen molar-refractivity contribution in [3.05, 3.63) is 34.9 Å². The van der Waals surface area contributed by atoms with Crippen molar-refractivity contribution in [2.75, 3.05) is 5.73 Å². The van der Waals surface area contributed by atoms with Gasteiger partial charge in [-0.1, -0.05) is 0 Å². The lowest BCUT2D eigenvalue weighted by Gasteiger charge is -2.17. The average Bonchev–Trinajstić information content (AvgIpc) is 2.07. The zero-order valence-electron chi connectivity index (χ0n) is 8.42. The first-order valence-corrected chi connectivity index (χ1v) is 4.68.